The summed E-state index contributed by atoms with van der Waals surface area (Å²) in [5.74, 6) is 3.05. The van der Waals surface area contributed by atoms with E-state index in [1.807, 2.05) is 23.1 Å². The van der Waals surface area contributed by atoms with Crippen LogP contribution < -0.4 is 14.8 Å². The first kappa shape index (κ1) is 22.4. The largest absolute Gasteiger partial charge is 0.497 e. The fraction of sp³-hybridized carbons (Fsp3) is 0.667. The Labute approximate surface area is 180 Å². The van der Waals surface area contributed by atoms with Crippen molar-refractivity contribution in [2.45, 2.75) is 59.0 Å². The van der Waals surface area contributed by atoms with Crippen LogP contribution in [0.15, 0.2) is 18.2 Å². The van der Waals surface area contributed by atoms with Crippen molar-refractivity contribution >= 4 is 11.8 Å². The van der Waals surface area contributed by atoms with Crippen LogP contribution in [0.2, 0.25) is 0 Å². The monoisotopic (exact) mass is 416 g/mol. The topological polar surface area (TPSA) is 67.9 Å². The number of amides is 2. The summed E-state index contributed by atoms with van der Waals surface area (Å²) in [5.41, 5.74) is 0.991. The Bertz CT molecular complexity index is 762. The minimum atomic E-state index is 0.0850. The van der Waals surface area contributed by atoms with E-state index in [4.69, 9.17) is 9.47 Å². The summed E-state index contributed by atoms with van der Waals surface area (Å²) in [6.45, 7) is 7.59. The first-order valence-corrected chi connectivity index (χ1v) is 11.2. The normalized spacial score (nSPS) is 25.5. The van der Waals surface area contributed by atoms with E-state index >= 15 is 0 Å². The van der Waals surface area contributed by atoms with Gasteiger partial charge in [-0.15, -0.1) is 0 Å². The average Bonchev–Trinajstić information content (AvgIpc) is 3.21. The van der Waals surface area contributed by atoms with Gasteiger partial charge in [0.25, 0.3) is 0 Å². The second-order valence-electron chi connectivity index (χ2n) is 8.77. The second kappa shape index (κ2) is 9.71. The summed E-state index contributed by atoms with van der Waals surface area (Å²) in [7, 11) is 3.27. The molecule has 1 aliphatic heterocycles. The molecule has 1 saturated heterocycles. The molecule has 1 N–H and O–H groups in total. The lowest BCUT2D eigenvalue weighted by Gasteiger charge is -2.25. The van der Waals surface area contributed by atoms with E-state index < -0.39 is 0 Å². The van der Waals surface area contributed by atoms with Crippen molar-refractivity contribution in [3.63, 3.8) is 0 Å². The van der Waals surface area contributed by atoms with E-state index in [1.165, 1.54) is 0 Å². The number of rotatable bonds is 9. The number of nitrogens with zero attached hydrogens (tertiary/aromatic N) is 1. The summed E-state index contributed by atoms with van der Waals surface area (Å²) in [6, 6.07) is 5.98. The number of likely N-dealkylation sites (tertiary alicyclic amines) is 1. The maximum absolute atomic E-state index is 12.9. The highest BCUT2D eigenvalue weighted by atomic mass is 16.5. The zero-order chi connectivity index (χ0) is 21.8. The first-order valence-electron chi connectivity index (χ1n) is 11.2. The van der Waals surface area contributed by atoms with E-state index in [-0.39, 0.29) is 23.8 Å². The van der Waals surface area contributed by atoms with Gasteiger partial charge in [0.1, 0.15) is 11.5 Å². The van der Waals surface area contributed by atoms with E-state index in [2.05, 4.69) is 26.1 Å². The molecule has 166 valence electrons. The molecule has 1 aromatic carbocycles. The quantitative estimate of drug-likeness (QED) is 0.668. The van der Waals surface area contributed by atoms with Crippen LogP contribution in [0.3, 0.4) is 0 Å². The van der Waals surface area contributed by atoms with Crippen LogP contribution in [0.5, 0.6) is 11.5 Å². The molecule has 0 unspecified atom stereocenters. The lowest BCUT2D eigenvalue weighted by atomic mass is 9.88. The molecule has 6 heteroatoms. The first-order chi connectivity index (χ1) is 14.4. The molecule has 1 heterocycles. The van der Waals surface area contributed by atoms with Crippen molar-refractivity contribution in [2.75, 3.05) is 20.8 Å². The maximum atomic E-state index is 12.9. The molecule has 2 amide bonds. The lowest BCUT2D eigenvalue weighted by molar-refractivity contribution is -0.129. The highest BCUT2D eigenvalue weighted by molar-refractivity contribution is 5.80. The molecule has 2 aliphatic rings. The Morgan fingerprint density at radius 1 is 1.23 bits per heavy atom. The highest BCUT2D eigenvalue weighted by Gasteiger charge is 2.50. The molecular weight excluding hydrogens is 380 g/mol. The third-order valence-corrected chi connectivity index (χ3v) is 7.22. The number of hydrogen-bond acceptors (Lipinski definition) is 4. The van der Waals surface area contributed by atoms with Gasteiger partial charge >= 0.3 is 0 Å². The molecule has 0 spiro atoms. The van der Waals surface area contributed by atoms with Crippen LogP contribution >= 0.6 is 0 Å². The summed E-state index contributed by atoms with van der Waals surface area (Å²) < 4.78 is 10.8. The van der Waals surface area contributed by atoms with Gasteiger partial charge in [0, 0.05) is 43.1 Å². The Morgan fingerprint density at radius 2 is 1.97 bits per heavy atom. The van der Waals surface area contributed by atoms with E-state index in [1.54, 1.807) is 14.2 Å². The van der Waals surface area contributed by atoms with Crippen LogP contribution in [0.25, 0.3) is 0 Å². The van der Waals surface area contributed by atoms with Crippen molar-refractivity contribution in [3.05, 3.63) is 23.8 Å². The summed E-state index contributed by atoms with van der Waals surface area (Å²) in [6.07, 6.45) is 3.29. The minimum Gasteiger partial charge on any atom is -0.497 e. The van der Waals surface area contributed by atoms with E-state index in [0.29, 0.717) is 37.3 Å². The molecule has 1 aromatic rings. The zero-order valence-electron chi connectivity index (χ0n) is 18.9. The van der Waals surface area contributed by atoms with Crippen LogP contribution in [-0.4, -0.2) is 43.5 Å². The number of fused-ring (bicyclic) bond motifs is 1. The van der Waals surface area contributed by atoms with Crippen molar-refractivity contribution in [1.29, 1.82) is 0 Å². The van der Waals surface area contributed by atoms with E-state index in [0.717, 1.165) is 36.3 Å². The van der Waals surface area contributed by atoms with Gasteiger partial charge in [0.15, 0.2) is 0 Å². The Balaban J connectivity index is 1.69. The fourth-order valence-electron chi connectivity index (χ4n) is 5.33. The van der Waals surface area contributed by atoms with E-state index in [9.17, 15) is 9.59 Å². The van der Waals surface area contributed by atoms with Gasteiger partial charge in [0.05, 0.1) is 14.2 Å². The maximum Gasteiger partial charge on any atom is 0.223 e. The molecule has 0 bridgehead atoms. The molecule has 1 aliphatic carbocycles. The molecular formula is C24H36N2O4. The number of methoxy groups -OCH3 is 2. The lowest BCUT2D eigenvalue weighted by Crippen LogP contribution is -2.37. The molecule has 0 aromatic heterocycles. The van der Waals surface area contributed by atoms with Gasteiger partial charge in [0.2, 0.25) is 11.8 Å². The molecule has 1 saturated carbocycles. The number of hydrogen-bond donors (Lipinski definition) is 1. The molecule has 0 radical (unpaired) electrons. The molecule has 4 atom stereocenters. The van der Waals surface area contributed by atoms with Gasteiger partial charge in [-0.3, -0.25) is 9.59 Å². The van der Waals surface area contributed by atoms with Crippen molar-refractivity contribution in [3.8, 4) is 11.5 Å². The fourth-order valence-corrected chi connectivity index (χ4v) is 5.33. The molecule has 30 heavy (non-hydrogen) atoms. The molecule has 6 nitrogen and oxygen atoms in total. The number of nitrogens with one attached hydrogen (secondary N) is 1. The number of ether oxygens (including phenoxy) is 2. The van der Waals surface area contributed by atoms with Gasteiger partial charge in [-0.25, -0.2) is 0 Å². The van der Waals surface area contributed by atoms with Gasteiger partial charge in [-0.05, 0) is 49.1 Å². The van der Waals surface area contributed by atoms with Crippen molar-refractivity contribution in [2.24, 2.45) is 23.7 Å². The standard InChI is InChI=1S/C24H36N2O4/c1-6-16(7-2)24(28)25-13-20-15(3)10-21-19(20)12-23(27)26(21)14-17-8-9-18(29-4)11-22(17)30-5/h8-9,11,15-16,19-21H,6-7,10,12-14H2,1-5H3,(H,25,28)/t15-,19-,20+,21+/m0/s1. The second-order valence-corrected chi connectivity index (χ2v) is 8.77. The van der Waals surface area contributed by atoms with Crippen molar-refractivity contribution in [1.82, 2.24) is 10.2 Å². The Hall–Kier alpha value is -2.24. The van der Waals surface area contributed by atoms with Gasteiger partial charge < -0.3 is 19.7 Å². The minimum absolute atomic E-state index is 0.0850. The molecule has 2 fully saturated rings. The predicted molar refractivity (Wildman–Crippen MR) is 116 cm³/mol. The Morgan fingerprint density at radius 3 is 2.60 bits per heavy atom. The van der Waals surface area contributed by atoms with Crippen LogP contribution in [0.1, 0.15) is 52.0 Å². The number of carbonyl (C=O) groups excluding carboxylic acids is 2. The van der Waals surface area contributed by atoms with Gasteiger partial charge in [-0.1, -0.05) is 20.8 Å². The number of benzene rings is 1. The molecule has 3 rings (SSSR count). The summed E-state index contributed by atoms with van der Waals surface area (Å²) >= 11 is 0. The van der Waals surface area contributed by atoms with Crippen LogP contribution in [-0.2, 0) is 16.1 Å². The third-order valence-electron chi connectivity index (χ3n) is 7.22. The smallest absolute Gasteiger partial charge is 0.223 e. The van der Waals surface area contributed by atoms with Crippen LogP contribution in [0, 0.1) is 23.7 Å². The average molecular weight is 417 g/mol. The van der Waals surface area contributed by atoms with Crippen LogP contribution in [0.4, 0.5) is 0 Å². The predicted octanol–water partition coefficient (Wildman–Crippen LogP) is 3.63. The third kappa shape index (κ3) is 4.42. The highest BCUT2D eigenvalue weighted by Crippen LogP contribution is 2.46. The summed E-state index contributed by atoms with van der Waals surface area (Å²) in [5, 5.41) is 3.18. The SMILES string of the molecule is CCC(CC)C(=O)NC[C@H]1[C@@H]2CC(=O)N(Cc3ccc(OC)cc3OC)[C@@H]2C[C@@H]1C. The zero-order valence-corrected chi connectivity index (χ0v) is 18.9. The number of carbonyl (C=O) groups is 2. The van der Waals surface area contributed by atoms with Crippen molar-refractivity contribution < 1.29 is 19.1 Å². The summed E-state index contributed by atoms with van der Waals surface area (Å²) in [4.78, 5) is 27.3. The van der Waals surface area contributed by atoms with Gasteiger partial charge in [-0.2, -0.15) is 0 Å². The Kier molecular flexibility index (Phi) is 7.27.